The van der Waals surface area contributed by atoms with Crippen LogP contribution in [-0.4, -0.2) is 33.9 Å². The molecule has 1 atom stereocenters. The minimum absolute atomic E-state index is 0.0391. The predicted octanol–water partition coefficient (Wildman–Crippen LogP) is -0.136. The van der Waals surface area contributed by atoms with Crippen LogP contribution >= 0.6 is 0 Å². The van der Waals surface area contributed by atoms with E-state index in [1.54, 1.807) is 4.90 Å². The van der Waals surface area contributed by atoms with Crippen molar-refractivity contribution < 1.29 is 4.79 Å². The zero-order chi connectivity index (χ0) is 13.1. The molecular formula is C12H17N3O3. The second-order valence-corrected chi connectivity index (χ2v) is 4.88. The molecule has 0 saturated carbocycles. The molecule has 1 fully saturated rings. The van der Waals surface area contributed by atoms with Crippen LogP contribution in [0.4, 0.5) is 0 Å². The molecule has 0 aromatic carbocycles. The molecule has 98 valence electrons. The summed E-state index contributed by atoms with van der Waals surface area (Å²) in [7, 11) is 0. The fourth-order valence-electron chi connectivity index (χ4n) is 2.31. The molecule has 1 aromatic heterocycles. The van der Waals surface area contributed by atoms with Crippen molar-refractivity contribution in [2.75, 3.05) is 13.1 Å². The van der Waals surface area contributed by atoms with Gasteiger partial charge in [0.2, 0.25) is 5.91 Å². The van der Waals surface area contributed by atoms with Gasteiger partial charge in [-0.1, -0.05) is 6.92 Å². The Bertz CT molecular complexity index is 518. The summed E-state index contributed by atoms with van der Waals surface area (Å²) in [5.74, 6) is 0.476. The van der Waals surface area contributed by atoms with E-state index in [4.69, 9.17) is 0 Å². The Hall–Kier alpha value is -1.85. The Balaban J connectivity index is 2.06. The van der Waals surface area contributed by atoms with Crippen molar-refractivity contribution in [1.82, 2.24) is 14.9 Å². The molecule has 2 heterocycles. The molecule has 1 aliphatic heterocycles. The van der Waals surface area contributed by atoms with Crippen molar-refractivity contribution in [2.24, 2.45) is 5.92 Å². The lowest BCUT2D eigenvalue weighted by Crippen LogP contribution is -2.40. The van der Waals surface area contributed by atoms with Crippen LogP contribution in [0.1, 0.15) is 25.5 Å². The lowest BCUT2D eigenvalue weighted by atomic mass is 10.00. The number of hydrogen-bond acceptors (Lipinski definition) is 3. The average molecular weight is 251 g/mol. The summed E-state index contributed by atoms with van der Waals surface area (Å²) in [5.41, 5.74) is -0.683. The SMILES string of the molecule is CC1CCCN(C(=O)Cc2cc(=O)[nH]c(=O)[nH]2)C1. The smallest absolute Gasteiger partial charge is 0.325 e. The minimum Gasteiger partial charge on any atom is -0.342 e. The summed E-state index contributed by atoms with van der Waals surface area (Å²) in [6.07, 6.45) is 2.23. The van der Waals surface area contributed by atoms with Gasteiger partial charge in [-0.25, -0.2) is 4.79 Å². The highest BCUT2D eigenvalue weighted by molar-refractivity contribution is 5.78. The number of aromatic amines is 2. The van der Waals surface area contributed by atoms with Gasteiger partial charge in [0.15, 0.2) is 0 Å². The third-order valence-corrected chi connectivity index (χ3v) is 3.17. The van der Waals surface area contributed by atoms with Gasteiger partial charge in [0, 0.05) is 24.8 Å². The molecule has 0 aliphatic carbocycles. The average Bonchev–Trinajstić information content (AvgIpc) is 2.27. The zero-order valence-electron chi connectivity index (χ0n) is 10.4. The van der Waals surface area contributed by atoms with E-state index in [0.717, 1.165) is 25.9 Å². The summed E-state index contributed by atoms with van der Waals surface area (Å²) >= 11 is 0. The maximum atomic E-state index is 12.0. The number of hydrogen-bond donors (Lipinski definition) is 2. The van der Waals surface area contributed by atoms with Gasteiger partial charge >= 0.3 is 5.69 Å². The summed E-state index contributed by atoms with van der Waals surface area (Å²) in [4.78, 5) is 40.6. The normalized spacial score (nSPS) is 19.8. The van der Waals surface area contributed by atoms with Crippen LogP contribution in [0.2, 0.25) is 0 Å². The van der Waals surface area contributed by atoms with E-state index in [1.165, 1.54) is 6.07 Å². The molecule has 6 heteroatoms. The van der Waals surface area contributed by atoms with Gasteiger partial charge in [-0.2, -0.15) is 0 Å². The van der Waals surface area contributed by atoms with E-state index < -0.39 is 11.2 Å². The number of nitrogens with zero attached hydrogens (tertiary/aromatic N) is 1. The Morgan fingerprint density at radius 1 is 1.44 bits per heavy atom. The number of likely N-dealkylation sites (tertiary alicyclic amines) is 1. The van der Waals surface area contributed by atoms with E-state index in [0.29, 0.717) is 11.6 Å². The van der Waals surface area contributed by atoms with Gasteiger partial charge in [0.05, 0.1) is 6.42 Å². The van der Waals surface area contributed by atoms with Crippen LogP contribution in [0.25, 0.3) is 0 Å². The molecule has 2 rings (SSSR count). The number of rotatable bonds is 2. The molecule has 1 amide bonds. The number of carbonyl (C=O) groups is 1. The number of aromatic nitrogens is 2. The largest absolute Gasteiger partial charge is 0.342 e. The van der Waals surface area contributed by atoms with Crippen molar-refractivity contribution in [3.63, 3.8) is 0 Å². The lowest BCUT2D eigenvalue weighted by molar-refractivity contribution is -0.132. The summed E-state index contributed by atoms with van der Waals surface area (Å²) in [5, 5.41) is 0. The number of nitrogens with one attached hydrogen (secondary N) is 2. The van der Waals surface area contributed by atoms with Crippen molar-refractivity contribution in [2.45, 2.75) is 26.2 Å². The van der Waals surface area contributed by atoms with E-state index >= 15 is 0 Å². The Labute approximate surface area is 104 Å². The van der Waals surface area contributed by atoms with Crippen molar-refractivity contribution in [3.05, 3.63) is 32.6 Å². The first-order valence-electron chi connectivity index (χ1n) is 6.15. The summed E-state index contributed by atoms with van der Waals surface area (Å²) in [6.45, 7) is 3.64. The van der Waals surface area contributed by atoms with Gasteiger partial charge in [0.25, 0.3) is 5.56 Å². The van der Waals surface area contributed by atoms with Gasteiger partial charge in [-0.05, 0) is 18.8 Å². The molecule has 6 nitrogen and oxygen atoms in total. The van der Waals surface area contributed by atoms with Crippen molar-refractivity contribution in [3.8, 4) is 0 Å². The molecule has 1 aliphatic rings. The minimum atomic E-state index is -0.572. The Kier molecular flexibility index (Phi) is 3.64. The van der Waals surface area contributed by atoms with Gasteiger partial charge in [-0.15, -0.1) is 0 Å². The highest BCUT2D eigenvalue weighted by Crippen LogP contribution is 2.15. The highest BCUT2D eigenvalue weighted by atomic mass is 16.2. The van der Waals surface area contributed by atoms with Crippen molar-refractivity contribution in [1.29, 1.82) is 0 Å². The molecule has 0 spiro atoms. The monoisotopic (exact) mass is 251 g/mol. The fourth-order valence-corrected chi connectivity index (χ4v) is 2.31. The number of piperidine rings is 1. The van der Waals surface area contributed by atoms with Crippen LogP contribution < -0.4 is 11.2 Å². The maximum Gasteiger partial charge on any atom is 0.325 e. The Morgan fingerprint density at radius 3 is 2.89 bits per heavy atom. The molecule has 0 radical (unpaired) electrons. The molecule has 1 unspecified atom stereocenters. The summed E-state index contributed by atoms with van der Waals surface area (Å²) < 4.78 is 0. The van der Waals surface area contributed by atoms with E-state index in [9.17, 15) is 14.4 Å². The molecule has 18 heavy (non-hydrogen) atoms. The quantitative estimate of drug-likeness (QED) is 0.767. The topological polar surface area (TPSA) is 86.0 Å². The first-order valence-corrected chi connectivity index (χ1v) is 6.15. The van der Waals surface area contributed by atoms with Crippen LogP contribution in [0, 0.1) is 5.92 Å². The number of H-pyrrole nitrogens is 2. The zero-order valence-corrected chi connectivity index (χ0v) is 10.4. The summed E-state index contributed by atoms with van der Waals surface area (Å²) in [6, 6.07) is 1.26. The van der Waals surface area contributed by atoms with E-state index in [1.807, 2.05) is 0 Å². The maximum absolute atomic E-state index is 12.0. The Morgan fingerprint density at radius 2 is 2.22 bits per heavy atom. The second kappa shape index (κ2) is 5.20. The van der Waals surface area contributed by atoms with E-state index in [-0.39, 0.29) is 12.3 Å². The third kappa shape index (κ3) is 3.09. The van der Waals surface area contributed by atoms with Crippen LogP contribution in [0.5, 0.6) is 0 Å². The lowest BCUT2D eigenvalue weighted by Gasteiger charge is -2.30. The molecule has 2 N–H and O–H groups in total. The fraction of sp³-hybridized carbons (Fsp3) is 0.583. The van der Waals surface area contributed by atoms with Crippen molar-refractivity contribution >= 4 is 5.91 Å². The highest BCUT2D eigenvalue weighted by Gasteiger charge is 2.21. The van der Waals surface area contributed by atoms with Crippen LogP contribution in [0.3, 0.4) is 0 Å². The molecule has 1 aromatic rings. The predicted molar refractivity (Wildman–Crippen MR) is 66.4 cm³/mol. The standard InChI is InChI=1S/C12H17N3O3/c1-8-3-2-4-15(7-8)11(17)6-9-5-10(16)14-12(18)13-9/h5,8H,2-4,6-7H2,1H3,(H2,13,14,16,18). The van der Waals surface area contributed by atoms with Gasteiger partial charge in [-0.3, -0.25) is 14.6 Å². The van der Waals surface area contributed by atoms with Gasteiger partial charge in [0.1, 0.15) is 0 Å². The number of amides is 1. The molecular weight excluding hydrogens is 234 g/mol. The second-order valence-electron chi connectivity index (χ2n) is 4.88. The first kappa shape index (κ1) is 12.6. The van der Waals surface area contributed by atoms with Crippen LogP contribution in [0.15, 0.2) is 15.7 Å². The third-order valence-electron chi connectivity index (χ3n) is 3.17. The van der Waals surface area contributed by atoms with Gasteiger partial charge < -0.3 is 9.88 Å². The molecule has 0 bridgehead atoms. The van der Waals surface area contributed by atoms with Crippen LogP contribution in [-0.2, 0) is 11.2 Å². The first-order chi connectivity index (χ1) is 8.54. The van der Waals surface area contributed by atoms with E-state index in [2.05, 4.69) is 16.9 Å². The number of carbonyl (C=O) groups excluding carboxylic acids is 1. The molecule has 1 saturated heterocycles.